The van der Waals surface area contributed by atoms with Crippen molar-refractivity contribution in [2.24, 2.45) is 0 Å². The minimum atomic E-state index is -0.970. The van der Waals surface area contributed by atoms with E-state index in [0.717, 1.165) is 30.5 Å². The second-order valence-electron chi connectivity index (χ2n) is 6.87. The van der Waals surface area contributed by atoms with Crippen molar-refractivity contribution in [3.05, 3.63) is 53.2 Å². The van der Waals surface area contributed by atoms with Crippen LogP contribution in [0.3, 0.4) is 0 Å². The molecule has 1 aromatic carbocycles. The lowest BCUT2D eigenvalue weighted by Crippen LogP contribution is -2.43. The largest absolute Gasteiger partial charge is 0.378 e. The number of ether oxygens (including phenoxy) is 1. The van der Waals surface area contributed by atoms with E-state index in [1.54, 1.807) is 12.3 Å². The Balaban J connectivity index is 1.50. The number of urea groups is 1. The molecule has 0 radical (unpaired) electrons. The first kappa shape index (κ1) is 18.6. The Morgan fingerprint density at radius 3 is 2.82 bits per heavy atom. The lowest BCUT2D eigenvalue weighted by atomic mass is 10.0. The summed E-state index contributed by atoms with van der Waals surface area (Å²) < 4.78 is 33.4. The van der Waals surface area contributed by atoms with E-state index in [4.69, 9.17) is 4.74 Å². The van der Waals surface area contributed by atoms with Crippen LogP contribution in [-0.2, 0) is 17.7 Å². The second kappa shape index (κ2) is 8.10. The molecule has 0 aliphatic carbocycles. The van der Waals surface area contributed by atoms with Crippen molar-refractivity contribution in [3.8, 4) is 0 Å². The molecule has 4 rings (SSSR count). The number of halogens is 2. The van der Waals surface area contributed by atoms with E-state index >= 15 is 0 Å². The zero-order valence-corrected chi connectivity index (χ0v) is 15.5. The first-order valence-corrected chi connectivity index (χ1v) is 9.44. The van der Waals surface area contributed by atoms with Gasteiger partial charge in [0.15, 0.2) is 11.6 Å². The second-order valence-corrected chi connectivity index (χ2v) is 6.87. The van der Waals surface area contributed by atoms with Gasteiger partial charge >= 0.3 is 6.03 Å². The molecule has 0 atom stereocenters. The number of aryl methyl sites for hydroxylation is 1. The summed E-state index contributed by atoms with van der Waals surface area (Å²) in [4.78, 5) is 20.6. The number of hydrogen-bond donors (Lipinski definition) is 1. The SMILES string of the molecule is O=C(NCc1cccnc1N1CCOCC1)N1CCCc2ccc(F)c(F)c21. The highest BCUT2D eigenvalue weighted by Crippen LogP contribution is 2.31. The highest BCUT2D eigenvalue weighted by molar-refractivity contribution is 5.93. The van der Waals surface area contributed by atoms with E-state index in [1.165, 1.54) is 4.90 Å². The summed E-state index contributed by atoms with van der Waals surface area (Å²) in [5.74, 6) is -1.11. The highest BCUT2D eigenvalue weighted by Gasteiger charge is 2.27. The smallest absolute Gasteiger partial charge is 0.322 e. The van der Waals surface area contributed by atoms with Gasteiger partial charge in [-0.15, -0.1) is 0 Å². The lowest BCUT2D eigenvalue weighted by Gasteiger charge is -2.31. The van der Waals surface area contributed by atoms with Crippen LogP contribution < -0.4 is 15.1 Å². The number of hydrogen-bond acceptors (Lipinski definition) is 4. The van der Waals surface area contributed by atoms with Gasteiger partial charge < -0.3 is 15.0 Å². The van der Waals surface area contributed by atoms with Gasteiger partial charge in [0.25, 0.3) is 0 Å². The van der Waals surface area contributed by atoms with Gasteiger partial charge in [-0.1, -0.05) is 12.1 Å². The van der Waals surface area contributed by atoms with Crippen LogP contribution in [0.25, 0.3) is 0 Å². The maximum absolute atomic E-state index is 14.3. The number of carbonyl (C=O) groups is 1. The molecule has 1 fully saturated rings. The van der Waals surface area contributed by atoms with Crippen molar-refractivity contribution in [1.29, 1.82) is 0 Å². The van der Waals surface area contributed by atoms with Crippen molar-refractivity contribution >= 4 is 17.5 Å². The number of pyridine rings is 1. The average molecular weight is 388 g/mol. The van der Waals surface area contributed by atoms with Crippen LogP contribution in [-0.4, -0.2) is 43.9 Å². The van der Waals surface area contributed by atoms with E-state index in [1.807, 2.05) is 12.1 Å². The van der Waals surface area contributed by atoms with Crippen LogP contribution >= 0.6 is 0 Å². The number of nitrogens with one attached hydrogen (secondary N) is 1. The van der Waals surface area contributed by atoms with Gasteiger partial charge in [-0.3, -0.25) is 4.90 Å². The molecule has 2 aliphatic rings. The van der Waals surface area contributed by atoms with Crippen LogP contribution in [0.15, 0.2) is 30.5 Å². The fourth-order valence-electron chi connectivity index (χ4n) is 3.71. The summed E-state index contributed by atoms with van der Waals surface area (Å²) in [6, 6.07) is 5.94. The van der Waals surface area contributed by atoms with Crippen molar-refractivity contribution in [2.75, 3.05) is 42.6 Å². The van der Waals surface area contributed by atoms with Crippen molar-refractivity contribution in [2.45, 2.75) is 19.4 Å². The first-order valence-electron chi connectivity index (χ1n) is 9.44. The number of fused-ring (bicyclic) bond motifs is 1. The molecule has 1 saturated heterocycles. The molecule has 1 N–H and O–H groups in total. The quantitative estimate of drug-likeness (QED) is 0.879. The first-order chi connectivity index (χ1) is 13.6. The van der Waals surface area contributed by atoms with Gasteiger partial charge in [-0.25, -0.2) is 18.6 Å². The van der Waals surface area contributed by atoms with E-state index in [9.17, 15) is 13.6 Å². The number of benzene rings is 1. The molecule has 0 bridgehead atoms. The number of aromatic nitrogens is 1. The third-order valence-electron chi connectivity index (χ3n) is 5.10. The average Bonchev–Trinajstić information content (AvgIpc) is 2.75. The molecule has 8 heteroatoms. The molecule has 148 valence electrons. The molecule has 2 aromatic rings. The van der Waals surface area contributed by atoms with Crippen LogP contribution in [0.2, 0.25) is 0 Å². The summed E-state index contributed by atoms with van der Waals surface area (Å²) in [5.41, 5.74) is 1.56. The van der Waals surface area contributed by atoms with Crippen LogP contribution in [0.4, 0.5) is 25.1 Å². The van der Waals surface area contributed by atoms with E-state index in [0.29, 0.717) is 38.2 Å². The monoisotopic (exact) mass is 388 g/mol. The van der Waals surface area contributed by atoms with E-state index < -0.39 is 17.7 Å². The van der Waals surface area contributed by atoms with Crippen LogP contribution in [0.1, 0.15) is 17.5 Å². The number of anilines is 2. The Bertz CT molecular complexity index is 871. The predicted octanol–water partition coefficient (Wildman–Crippen LogP) is 2.86. The van der Waals surface area contributed by atoms with Crippen molar-refractivity contribution in [3.63, 3.8) is 0 Å². The zero-order chi connectivity index (χ0) is 19.5. The molecule has 2 amide bonds. The van der Waals surface area contributed by atoms with Gasteiger partial charge in [0.05, 0.1) is 18.9 Å². The Kier molecular flexibility index (Phi) is 5.38. The van der Waals surface area contributed by atoms with E-state index in [-0.39, 0.29) is 12.2 Å². The van der Waals surface area contributed by atoms with Gasteiger partial charge in [0.1, 0.15) is 5.82 Å². The normalized spacial score (nSPS) is 16.6. The van der Waals surface area contributed by atoms with E-state index in [2.05, 4.69) is 15.2 Å². The Morgan fingerprint density at radius 1 is 1.18 bits per heavy atom. The summed E-state index contributed by atoms with van der Waals surface area (Å²) in [6.45, 7) is 3.35. The van der Waals surface area contributed by atoms with Crippen LogP contribution in [0, 0.1) is 11.6 Å². The number of morpholine rings is 1. The molecule has 28 heavy (non-hydrogen) atoms. The van der Waals surface area contributed by atoms with Gasteiger partial charge in [-0.2, -0.15) is 0 Å². The third kappa shape index (κ3) is 3.64. The highest BCUT2D eigenvalue weighted by atomic mass is 19.2. The number of rotatable bonds is 3. The Labute approximate surface area is 162 Å². The molecule has 1 aromatic heterocycles. The van der Waals surface area contributed by atoms with Crippen molar-refractivity contribution < 1.29 is 18.3 Å². The molecule has 0 spiro atoms. The molecule has 3 heterocycles. The minimum absolute atomic E-state index is 0.0448. The summed E-state index contributed by atoms with van der Waals surface area (Å²) in [5, 5.41) is 2.84. The molecule has 0 saturated carbocycles. The van der Waals surface area contributed by atoms with Gasteiger partial charge in [-0.05, 0) is 30.5 Å². The predicted molar refractivity (Wildman–Crippen MR) is 102 cm³/mol. The zero-order valence-electron chi connectivity index (χ0n) is 15.5. The lowest BCUT2D eigenvalue weighted by molar-refractivity contribution is 0.122. The standard InChI is InChI=1S/C20H22F2N4O2/c21-16-6-5-14-4-2-8-26(18(14)17(16)22)20(27)24-13-15-3-1-7-23-19(15)25-9-11-28-12-10-25/h1,3,5-7H,2,4,8-13H2,(H,24,27). The molecular weight excluding hydrogens is 366 g/mol. The molecule has 0 unspecified atom stereocenters. The molecular formula is C20H22F2N4O2. The van der Waals surface area contributed by atoms with Gasteiger partial charge in [0, 0.05) is 37.9 Å². The number of carbonyl (C=O) groups excluding carboxylic acids is 1. The Hall–Kier alpha value is -2.74. The fourth-order valence-corrected chi connectivity index (χ4v) is 3.71. The minimum Gasteiger partial charge on any atom is -0.378 e. The topological polar surface area (TPSA) is 57.7 Å². The Morgan fingerprint density at radius 2 is 2.00 bits per heavy atom. The summed E-state index contributed by atoms with van der Waals surface area (Å²) >= 11 is 0. The van der Waals surface area contributed by atoms with Gasteiger partial charge in [0.2, 0.25) is 0 Å². The summed E-state index contributed by atoms with van der Waals surface area (Å²) in [7, 11) is 0. The molecule has 6 nitrogen and oxygen atoms in total. The van der Waals surface area contributed by atoms with Crippen molar-refractivity contribution in [1.82, 2.24) is 10.3 Å². The number of nitrogens with zero attached hydrogens (tertiary/aromatic N) is 3. The molecule has 2 aliphatic heterocycles. The maximum Gasteiger partial charge on any atom is 0.322 e. The third-order valence-corrected chi connectivity index (χ3v) is 5.10. The summed E-state index contributed by atoms with van der Waals surface area (Å²) in [6.07, 6.45) is 3.05. The maximum atomic E-state index is 14.3. The van der Waals surface area contributed by atoms with Crippen LogP contribution in [0.5, 0.6) is 0 Å². The fraction of sp³-hybridized carbons (Fsp3) is 0.400. The number of amides is 2.